The molecule has 0 heterocycles. The number of benzene rings is 9. The van der Waals surface area contributed by atoms with Gasteiger partial charge in [-0.25, -0.2) is 0 Å². The van der Waals surface area contributed by atoms with E-state index in [4.69, 9.17) is 0 Å². The van der Waals surface area contributed by atoms with Crippen molar-refractivity contribution in [3.05, 3.63) is 187 Å². The predicted octanol–water partition coefficient (Wildman–Crippen LogP) is 13.7. The van der Waals surface area contributed by atoms with Crippen molar-refractivity contribution in [3.8, 4) is 22.3 Å². The molecule has 9 aromatic rings. The largest absolute Gasteiger partial charge is 0.310 e. The first kappa shape index (κ1) is 28.8. The number of fused-ring (bicyclic) bond motifs is 10. The standard InChI is InChI=1S/C49H35N/c1-49(2)46-23-13-12-22-41(46)42-27-26-36(29-47(42)49)50(35-25-24-32-14-6-7-17-34(32)28-35)48-31-45-40-21-11-9-19-38(40)37-18-8-10-20-39(37)44(45)30-43(48)33-15-4-3-5-16-33/h3-31H,1-2H3. The van der Waals surface area contributed by atoms with E-state index < -0.39 is 0 Å². The second-order valence-electron chi connectivity index (χ2n) is 14.1. The second kappa shape index (κ2) is 10.9. The molecule has 0 aromatic heterocycles. The minimum absolute atomic E-state index is 0.113. The van der Waals surface area contributed by atoms with Gasteiger partial charge in [-0.2, -0.15) is 0 Å². The van der Waals surface area contributed by atoms with E-state index in [9.17, 15) is 0 Å². The van der Waals surface area contributed by atoms with Crippen molar-refractivity contribution < 1.29 is 0 Å². The molecule has 0 saturated carbocycles. The summed E-state index contributed by atoms with van der Waals surface area (Å²) in [6.45, 7) is 4.73. The van der Waals surface area contributed by atoms with E-state index in [-0.39, 0.29) is 5.41 Å². The van der Waals surface area contributed by atoms with Crippen LogP contribution in [-0.4, -0.2) is 0 Å². The summed E-state index contributed by atoms with van der Waals surface area (Å²) >= 11 is 0. The van der Waals surface area contributed by atoms with E-state index in [2.05, 4.69) is 195 Å². The smallest absolute Gasteiger partial charge is 0.0546 e. The molecule has 0 N–H and O–H groups in total. The lowest BCUT2D eigenvalue weighted by Gasteiger charge is -2.30. The number of nitrogens with zero attached hydrogens (tertiary/aromatic N) is 1. The highest BCUT2D eigenvalue weighted by molar-refractivity contribution is 6.26. The van der Waals surface area contributed by atoms with Crippen LogP contribution in [0.2, 0.25) is 0 Å². The van der Waals surface area contributed by atoms with Crippen LogP contribution in [0.25, 0.3) is 65.3 Å². The molecule has 0 amide bonds. The number of hydrogen-bond donors (Lipinski definition) is 0. The van der Waals surface area contributed by atoms with Gasteiger partial charge >= 0.3 is 0 Å². The highest BCUT2D eigenvalue weighted by Gasteiger charge is 2.36. The van der Waals surface area contributed by atoms with E-state index in [1.807, 2.05) is 0 Å². The summed E-state index contributed by atoms with van der Waals surface area (Å²) in [4.78, 5) is 2.50. The Bertz CT molecular complexity index is 2790. The van der Waals surface area contributed by atoms with Crippen LogP contribution < -0.4 is 4.90 Å². The van der Waals surface area contributed by atoms with Gasteiger partial charge in [0.15, 0.2) is 0 Å². The summed E-state index contributed by atoms with van der Waals surface area (Å²) in [5.74, 6) is 0. The SMILES string of the molecule is CC1(C)c2ccccc2-c2ccc(N(c3ccc4ccccc4c3)c3cc4c5ccccc5c5ccccc5c4cc3-c3ccccc3)cc21. The van der Waals surface area contributed by atoms with Crippen molar-refractivity contribution in [2.75, 3.05) is 4.90 Å². The lowest BCUT2D eigenvalue weighted by molar-refractivity contribution is 0.660. The van der Waals surface area contributed by atoms with Crippen molar-refractivity contribution in [1.29, 1.82) is 0 Å². The zero-order valence-electron chi connectivity index (χ0n) is 28.2. The summed E-state index contributed by atoms with van der Waals surface area (Å²) in [5, 5.41) is 10.1. The van der Waals surface area contributed by atoms with E-state index >= 15 is 0 Å². The highest BCUT2D eigenvalue weighted by atomic mass is 15.1. The highest BCUT2D eigenvalue weighted by Crippen LogP contribution is 2.52. The maximum atomic E-state index is 2.50. The van der Waals surface area contributed by atoms with Crippen LogP contribution >= 0.6 is 0 Å². The van der Waals surface area contributed by atoms with Crippen molar-refractivity contribution in [3.63, 3.8) is 0 Å². The maximum absolute atomic E-state index is 2.50. The minimum atomic E-state index is -0.113. The Balaban J connectivity index is 1.32. The lowest BCUT2D eigenvalue weighted by Crippen LogP contribution is -2.17. The summed E-state index contributed by atoms with van der Waals surface area (Å²) in [6, 6.07) is 65.1. The van der Waals surface area contributed by atoms with Crippen LogP contribution in [0.5, 0.6) is 0 Å². The summed E-state index contributed by atoms with van der Waals surface area (Å²) in [5.41, 5.74) is 11.2. The molecular weight excluding hydrogens is 603 g/mol. The molecule has 0 spiro atoms. The second-order valence-corrected chi connectivity index (χ2v) is 14.1. The van der Waals surface area contributed by atoms with Crippen molar-refractivity contribution in [2.24, 2.45) is 0 Å². The minimum Gasteiger partial charge on any atom is -0.310 e. The van der Waals surface area contributed by atoms with E-state index in [0.29, 0.717) is 0 Å². The molecule has 0 bridgehead atoms. The van der Waals surface area contributed by atoms with Crippen molar-refractivity contribution in [1.82, 2.24) is 0 Å². The van der Waals surface area contributed by atoms with Crippen LogP contribution in [-0.2, 0) is 5.41 Å². The zero-order chi connectivity index (χ0) is 33.4. The van der Waals surface area contributed by atoms with Gasteiger partial charge in [0.25, 0.3) is 0 Å². The third kappa shape index (κ3) is 4.27. The predicted molar refractivity (Wildman–Crippen MR) is 214 cm³/mol. The molecule has 1 nitrogen and oxygen atoms in total. The van der Waals surface area contributed by atoms with E-state index in [0.717, 1.165) is 17.1 Å². The summed E-state index contributed by atoms with van der Waals surface area (Å²) in [6.07, 6.45) is 0. The molecular formula is C49H35N. The van der Waals surface area contributed by atoms with Crippen LogP contribution in [0, 0.1) is 0 Å². The Morgan fingerprint density at radius 1 is 0.360 bits per heavy atom. The Kier molecular flexibility index (Phi) is 6.29. The van der Waals surface area contributed by atoms with Gasteiger partial charge in [-0.1, -0.05) is 153 Å². The van der Waals surface area contributed by atoms with Gasteiger partial charge in [0.05, 0.1) is 5.69 Å². The molecule has 0 atom stereocenters. The monoisotopic (exact) mass is 637 g/mol. The average Bonchev–Trinajstić information content (AvgIpc) is 3.40. The van der Waals surface area contributed by atoms with Crippen molar-refractivity contribution >= 4 is 60.2 Å². The van der Waals surface area contributed by atoms with E-state index in [1.165, 1.54) is 76.5 Å². The third-order valence-electron chi connectivity index (χ3n) is 11.0. The molecule has 10 rings (SSSR count). The van der Waals surface area contributed by atoms with Gasteiger partial charge < -0.3 is 4.90 Å². The fourth-order valence-electron chi connectivity index (χ4n) is 8.55. The van der Waals surface area contributed by atoms with Gasteiger partial charge in [-0.05, 0) is 107 Å². The Hall–Kier alpha value is -6.18. The van der Waals surface area contributed by atoms with Crippen LogP contribution in [0.1, 0.15) is 25.0 Å². The summed E-state index contributed by atoms with van der Waals surface area (Å²) < 4.78 is 0. The number of anilines is 3. The topological polar surface area (TPSA) is 3.24 Å². The molecule has 50 heavy (non-hydrogen) atoms. The van der Waals surface area contributed by atoms with Crippen LogP contribution in [0.15, 0.2) is 176 Å². The molecule has 0 unspecified atom stereocenters. The summed E-state index contributed by atoms with van der Waals surface area (Å²) in [7, 11) is 0. The van der Waals surface area contributed by atoms with Gasteiger partial charge in [-0.15, -0.1) is 0 Å². The fraction of sp³-hybridized carbons (Fsp3) is 0.0612. The Labute approximate surface area is 292 Å². The average molecular weight is 638 g/mol. The Morgan fingerprint density at radius 2 is 0.900 bits per heavy atom. The Morgan fingerprint density at radius 3 is 1.64 bits per heavy atom. The van der Waals surface area contributed by atoms with Crippen molar-refractivity contribution in [2.45, 2.75) is 19.3 Å². The van der Waals surface area contributed by atoms with Crippen LogP contribution in [0.3, 0.4) is 0 Å². The first-order valence-corrected chi connectivity index (χ1v) is 17.5. The maximum Gasteiger partial charge on any atom is 0.0546 e. The number of rotatable bonds is 4. The zero-order valence-corrected chi connectivity index (χ0v) is 28.2. The van der Waals surface area contributed by atoms with E-state index in [1.54, 1.807) is 0 Å². The van der Waals surface area contributed by atoms with Gasteiger partial charge in [-0.3, -0.25) is 0 Å². The molecule has 1 aliphatic carbocycles. The van der Waals surface area contributed by atoms with Gasteiger partial charge in [0.2, 0.25) is 0 Å². The molecule has 236 valence electrons. The molecule has 1 heteroatoms. The quantitative estimate of drug-likeness (QED) is 0.174. The molecule has 1 aliphatic rings. The molecule has 0 fully saturated rings. The fourth-order valence-corrected chi connectivity index (χ4v) is 8.55. The first-order valence-electron chi connectivity index (χ1n) is 17.5. The molecule has 0 aliphatic heterocycles. The molecule has 0 saturated heterocycles. The molecule has 9 aromatic carbocycles. The van der Waals surface area contributed by atoms with Crippen LogP contribution in [0.4, 0.5) is 17.1 Å². The normalized spacial score (nSPS) is 13.2. The third-order valence-corrected chi connectivity index (χ3v) is 11.0. The van der Waals surface area contributed by atoms with Gasteiger partial charge in [0.1, 0.15) is 0 Å². The van der Waals surface area contributed by atoms with Gasteiger partial charge in [0, 0.05) is 22.4 Å². The number of hydrogen-bond acceptors (Lipinski definition) is 1. The lowest BCUT2D eigenvalue weighted by atomic mass is 9.82. The molecule has 0 radical (unpaired) electrons. The first-order chi connectivity index (χ1) is 24.6.